The molecule has 92 valence electrons. The smallest absolute Gasteiger partial charge is 0.254 e. The van der Waals surface area contributed by atoms with Crippen molar-refractivity contribution >= 4 is 5.91 Å². The van der Waals surface area contributed by atoms with Crippen LogP contribution in [0.2, 0.25) is 0 Å². The third-order valence-electron chi connectivity index (χ3n) is 3.14. The van der Waals surface area contributed by atoms with Gasteiger partial charge in [0.2, 0.25) is 0 Å². The fourth-order valence-corrected chi connectivity index (χ4v) is 1.87. The number of carbonyl (C=O) groups excluding carboxylic acids is 1. The normalized spacial score (nSPS) is 17.6. The fourth-order valence-electron chi connectivity index (χ4n) is 1.87. The molecule has 1 aliphatic rings. The van der Waals surface area contributed by atoms with Crippen LogP contribution >= 0.6 is 0 Å². The lowest BCUT2D eigenvalue weighted by atomic mass is 9.90. The topological polar surface area (TPSA) is 81.0 Å². The number of nitrogens with zero attached hydrogens (tertiary/aromatic N) is 1. The number of hydrogen-bond acceptors (Lipinski definition) is 4. The number of benzene rings is 1. The molecule has 1 heterocycles. The number of phenolic OH excluding ortho intramolecular Hbond substituents is 2. The SMILES string of the molecule is CCC1(O)CN(C(=O)c2ccc(O)c(O)c2)C1. The lowest BCUT2D eigenvalue weighted by Crippen LogP contribution is -2.63. The van der Waals surface area contributed by atoms with Gasteiger partial charge in [-0.25, -0.2) is 0 Å². The van der Waals surface area contributed by atoms with Crippen molar-refractivity contribution in [1.29, 1.82) is 0 Å². The van der Waals surface area contributed by atoms with Gasteiger partial charge in [-0.2, -0.15) is 0 Å². The second-order valence-corrected chi connectivity index (χ2v) is 4.44. The van der Waals surface area contributed by atoms with Crippen LogP contribution in [0.15, 0.2) is 18.2 Å². The molecule has 1 aliphatic heterocycles. The summed E-state index contributed by atoms with van der Waals surface area (Å²) in [6.07, 6.45) is 0.609. The van der Waals surface area contributed by atoms with Crippen LogP contribution in [0.1, 0.15) is 23.7 Å². The Morgan fingerprint density at radius 2 is 2.00 bits per heavy atom. The van der Waals surface area contributed by atoms with Crippen LogP contribution in [-0.2, 0) is 0 Å². The molecular formula is C12H15NO4. The molecule has 1 saturated heterocycles. The van der Waals surface area contributed by atoms with Crippen molar-refractivity contribution in [1.82, 2.24) is 4.90 Å². The number of β-amino-alcohol motifs (C(OH)–C–C–N with tert-alkyl or cyclic N) is 1. The van der Waals surface area contributed by atoms with Crippen LogP contribution in [0, 0.1) is 0 Å². The molecule has 1 amide bonds. The Morgan fingerprint density at radius 1 is 1.35 bits per heavy atom. The van der Waals surface area contributed by atoms with Gasteiger partial charge in [0.1, 0.15) is 0 Å². The van der Waals surface area contributed by atoms with Crippen molar-refractivity contribution in [2.75, 3.05) is 13.1 Å². The Hall–Kier alpha value is -1.75. The van der Waals surface area contributed by atoms with E-state index in [-0.39, 0.29) is 17.4 Å². The molecule has 0 atom stereocenters. The van der Waals surface area contributed by atoms with Gasteiger partial charge in [0.25, 0.3) is 5.91 Å². The first-order chi connectivity index (χ1) is 7.95. The Labute approximate surface area is 98.9 Å². The highest BCUT2D eigenvalue weighted by Crippen LogP contribution is 2.29. The maximum absolute atomic E-state index is 11.9. The molecule has 0 unspecified atom stereocenters. The third-order valence-corrected chi connectivity index (χ3v) is 3.14. The lowest BCUT2D eigenvalue weighted by molar-refractivity contribution is -0.0826. The van der Waals surface area contributed by atoms with Gasteiger partial charge in [-0.1, -0.05) is 6.92 Å². The predicted octanol–water partition coefficient (Wildman–Crippen LogP) is 0.695. The molecule has 0 spiro atoms. The summed E-state index contributed by atoms with van der Waals surface area (Å²) >= 11 is 0. The van der Waals surface area contributed by atoms with E-state index < -0.39 is 5.60 Å². The first kappa shape index (κ1) is 11.7. The second kappa shape index (κ2) is 3.92. The molecule has 0 aliphatic carbocycles. The highest BCUT2D eigenvalue weighted by Gasteiger charge is 2.42. The zero-order valence-corrected chi connectivity index (χ0v) is 9.55. The standard InChI is InChI=1S/C12H15NO4/c1-2-12(17)6-13(7-12)11(16)8-3-4-9(14)10(15)5-8/h3-5,14-15,17H,2,6-7H2,1H3. The van der Waals surface area contributed by atoms with E-state index >= 15 is 0 Å². The molecule has 1 aromatic carbocycles. The quantitative estimate of drug-likeness (QED) is 0.661. The number of phenols is 2. The van der Waals surface area contributed by atoms with Crippen LogP contribution < -0.4 is 0 Å². The van der Waals surface area contributed by atoms with E-state index in [1.165, 1.54) is 23.1 Å². The van der Waals surface area contributed by atoms with Crippen molar-refractivity contribution in [2.24, 2.45) is 0 Å². The molecule has 1 aromatic rings. The van der Waals surface area contributed by atoms with Gasteiger partial charge < -0.3 is 20.2 Å². The van der Waals surface area contributed by atoms with Gasteiger partial charge in [0.15, 0.2) is 11.5 Å². The highest BCUT2D eigenvalue weighted by molar-refractivity contribution is 5.95. The minimum absolute atomic E-state index is 0.251. The maximum Gasteiger partial charge on any atom is 0.254 e. The minimum Gasteiger partial charge on any atom is -0.504 e. The summed E-state index contributed by atoms with van der Waals surface area (Å²) in [7, 11) is 0. The second-order valence-electron chi connectivity index (χ2n) is 4.44. The van der Waals surface area contributed by atoms with Gasteiger partial charge in [-0.3, -0.25) is 4.79 Å². The van der Waals surface area contributed by atoms with E-state index in [2.05, 4.69) is 0 Å². The van der Waals surface area contributed by atoms with Crippen molar-refractivity contribution in [3.05, 3.63) is 23.8 Å². The molecule has 5 nitrogen and oxygen atoms in total. The molecule has 17 heavy (non-hydrogen) atoms. The molecule has 0 bridgehead atoms. The van der Waals surface area contributed by atoms with Gasteiger partial charge in [-0.15, -0.1) is 0 Å². The summed E-state index contributed by atoms with van der Waals surface area (Å²) < 4.78 is 0. The van der Waals surface area contributed by atoms with Crippen LogP contribution in [0.5, 0.6) is 11.5 Å². The van der Waals surface area contributed by atoms with Crippen molar-refractivity contribution in [2.45, 2.75) is 18.9 Å². The number of carbonyl (C=O) groups is 1. The van der Waals surface area contributed by atoms with Gasteiger partial charge in [0.05, 0.1) is 18.7 Å². The Morgan fingerprint density at radius 3 is 2.53 bits per heavy atom. The Kier molecular flexibility index (Phi) is 2.71. The average molecular weight is 237 g/mol. The molecule has 5 heteroatoms. The number of aromatic hydroxyl groups is 2. The summed E-state index contributed by atoms with van der Waals surface area (Å²) in [5.74, 6) is -0.823. The van der Waals surface area contributed by atoms with Crippen molar-refractivity contribution < 1.29 is 20.1 Å². The maximum atomic E-state index is 11.9. The molecule has 2 rings (SSSR count). The van der Waals surface area contributed by atoms with Crippen LogP contribution in [-0.4, -0.2) is 44.8 Å². The molecule has 1 fully saturated rings. The summed E-state index contributed by atoms with van der Waals surface area (Å²) in [4.78, 5) is 13.4. The Bertz CT molecular complexity index is 452. The summed E-state index contributed by atoms with van der Waals surface area (Å²) in [6.45, 7) is 2.49. The molecule has 0 radical (unpaired) electrons. The van der Waals surface area contributed by atoms with E-state index in [0.29, 0.717) is 25.1 Å². The first-order valence-corrected chi connectivity index (χ1v) is 5.49. The summed E-state index contributed by atoms with van der Waals surface area (Å²) in [5.41, 5.74) is -0.465. The molecule has 0 saturated carbocycles. The molecule has 3 N–H and O–H groups in total. The van der Waals surface area contributed by atoms with Crippen LogP contribution in [0.3, 0.4) is 0 Å². The number of amides is 1. The van der Waals surface area contributed by atoms with Crippen molar-refractivity contribution in [3.8, 4) is 11.5 Å². The minimum atomic E-state index is -0.769. The monoisotopic (exact) mass is 237 g/mol. The fraction of sp³-hybridized carbons (Fsp3) is 0.417. The predicted molar refractivity (Wildman–Crippen MR) is 60.9 cm³/mol. The number of likely N-dealkylation sites (tertiary alicyclic amines) is 1. The van der Waals surface area contributed by atoms with Crippen LogP contribution in [0.4, 0.5) is 0 Å². The summed E-state index contributed by atoms with van der Waals surface area (Å²) in [5, 5.41) is 28.2. The largest absolute Gasteiger partial charge is 0.504 e. The zero-order chi connectivity index (χ0) is 12.6. The van der Waals surface area contributed by atoms with E-state index in [0.717, 1.165) is 0 Å². The van der Waals surface area contributed by atoms with E-state index in [1.807, 2.05) is 6.92 Å². The van der Waals surface area contributed by atoms with E-state index in [4.69, 9.17) is 5.11 Å². The number of rotatable bonds is 2. The first-order valence-electron chi connectivity index (χ1n) is 5.49. The summed E-state index contributed by atoms with van der Waals surface area (Å²) in [6, 6.07) is 3.94. The zero-order valence-electron chi connectivity index (χ0n) is 9.55. The molecule has 0 aromatic heterocycles. The Balaban J connectivity index is 2.09. The average Bonchev–Trinajstić information content (AvgIpc) is 2.27. The van der Waals surface area contributed by atoms with Crippen LogP contribution in [0.25, 0.3) is 0 Å². The number of hydrogen-bond donors (Lipinski definition) is 3. The highest BCUT2D eigenvalue weighted by atomic mass is 16.3. The molecular weight excluding hydrogens is 222 g/mol. The van der Waals surface area contributed by atoms with E-state index in [1.54, 1.807) is 0 Å². The van der Waals surface area contributed by atoms with Gasteiger partial charge >= 0.3 is 0 Å². The van der Waals surface area contributed by atoms with Gasteiger partial charge in [-0.05, 0) is 24.6 Å². The van der Waals surface area contributed by atoms with E-state index in [9.17, 15) is 15.0 Å². The number of aliphatic hydroxyl groups is 1. The van der Waals surface area contributed by atoms with Gasteiger partial charge in [0, 0.05) is 5.56 Å². The van der Waals surface area contributed by atoms with Crippen molar-refractivity contribution in [3.63, 3.8) is 0 Å². The lowest BCUT2D eigenvalue weighted by Gasteiger charge is -2.46. The third kappa shape index (κ3) is 2.06.